The number of benzene rings is 3. The maximum atomic E-state index is 4.69. The van der Waals surface area contributed by atoms with Gasteiger partial charge in [-0.15, -0.1) is 0 Å². The molecule has 0 aliphatic rings. The van der Waals surface area contributed by atoms with Crippen molar-refractivity contribution in [2.45, 2.75) is 13.8 Å². The van der Waals surface area contributed by atoms with E-state index in [-0.39, 0.29) is 0 Å². The smallest absolute Gasteiger partial charge is 0.0727 e. The number of aromatic nitrogens is 2. The Morgan fingerprint density at radius 3 is 1.88 bits per heavy atom. The third-order valence-electron chi connectivity index (χ3n) is 4.43. The Bertz CT molecular complexity index is 999. The molecule has 0 amide bonds. The highest BCUT2D eigenvalue weighted by Crippen LogP contribution is 2.32. The van der Waals surface area contributed by atoms with Gasteiger partial charge in [-0.2, -0.15) is 5.10 Å². The first-order valence-corrected chi connectivity index (χ1v) is 8.51. The van der Waals surface area contributed by atoms with Gasteiger partial charge in [-0.05, 0) is 48.7 Å². The monoisotopic (exact) mass is 324 g/mol. The van der Waals surface area contributed by atoms with Crippen LogP contribution in [0.4, 0.5) is 0 Å². The van der Waals surface area contributed by atoms with E-state index in [9.17, 15) is 0 Å². The molecule has 25 heavy (non-hydrogen) atoms. The largest absolute Gasteiger partial charge is 0.237 e. The molecule has 2 nitrogen and oxygen atoms in total. The van der Waals surface area contributed by atoms with Crippen molar-refractivity contribution in [3.8, 4) is 27.9 Å². The van der Waals surface area contributed by atoms with E-state index in [1.54, 1.807) is 0 Å². The average Bonchev–Trinajstić information content (AvgIpc) is 3.01. The minimum absolute atomic E-state index is 1.03. The van der Waals surface area contributed by atoms with Gasteiger partial charge < -0.3 is 0 Å². The fourth-order valence-electron chi connectivity index (χ4n) is 3.25. The lowest BCUT2D eigenvalue weighted by Crippen LogP contribution is -2.01. The van der Waals surface area contributed by atoms with Gasteiger partial charge in [0.05, 0.1) is 11.4 Å². The molecule has 0 N–H and O–H groups in total. The summed E-state index contributed by atoms with van der Waals surface area (Å²) in [4.78, 5) is 0. The minimum atomic E-state index is 1.03. The molecular formula is C23H20N2. The Hall–Kier alpha value is -3.13. The van der Waals surface area contributed by atoms with Gasteiger partial charge in [-0.25, -0.2) is 4.68 Å². The van der Waals surface area contributed by atoms with E-state index in [0.29, 0.717) is 0 Å². The molecule has 0 saturated carbocycles. The molecule has 3 aromatic carbocycles. The highest BCUT2D eigenvalue weighted by Gasteiger charge is 2.12. The molecule has 0 unspecified atom stereocenters. The highest BCUT2D eigenvalue weighted by molar-refractivity contribution is 5.79. The molecular weight excluding hydrogens is 304 g/mol. The number of rotatable bonds is 3. The quantitative estimate of drug-likeness (QED) is 0.464. The van der Waals surface area contributed by atoms with Crippen LogP contribution in [0.25, 0.3) is 27.9 Å². The van der Waals surface area contributed by atoms with Crippen molar-refractivity contribution in [1.82, 2.24) is 9.78 Å². The predicted molar refractivity (Wildman–Crippen MR) is 104 cm³/mol. The summed E-state index contributed by atoms with van der Waals surface area (Å²) in [6, 6.07) is 29.7. The Balaban J connectivity index is 1.94. The zero-order valence-electron chi connectivity index (χ0n) is 14.5. The van der Waals surface area contributed by atoms with Crippen LogP contribution in [0.15, 0.2) is 84.9 Å². The van der Waals surface area contributed by atoms with Crippen molar-refractivity contribution >= 4 is 0 Å². The Morgan fingerprint density at radius 2 is 1.28 bits per heavy atom. The Labute approximate surface area is 148 Å². The maximum absolute atomic E-state index is 4.69. The van der Waals surface area contributed by atoms with Gasteiger partial charge in [0.15, 0.2) is 0 Å². The second kappa shape index (κ2) is 6.40. The molecule has 0 saturated heterocycles. The van der Waals surface area contributed by atoms with Crippen molar-refractivity contribution in [2.75, 3.05) is 0 Å². The second-order valence-electron chi connectivity index (χ2n) is 6.30. The van der Waals surface area contributed by atoms with E-state index in [2.05, 4.69) is 84.8 Å². The van der Waals surface area contributed by atoms with E-state index in [4.69, 9.17) is 0 Å². The molecule has 122 valence electrons. The van der Waals surface area contributed by atoms with E-state index in [0.717, 1.165) is 17.1 Å². The van der Waals surface area contributed by atoms with Crippen molar-refractivity contribution in [2.24, 2.45) is 0 Å². The van der Waals surface area contributed by atoms with Crippen molar-refractivity contribution < 1.29 is 0 Å². The molecule has 4 aromatic rings. The van der Waals surface area contributed by atoms with Gasteiger partial charge in [-0.3, -0.25) is 0 Å². The lowest BCUT2D eigenvalue weighted by atomic mass is 9.97. The SMILES string of the molecule is Cc1cc(C)n(-c2ccc(-c3ccccc3)cc2-c2ccccc2)n1. The topological polar surface area (TPSA) is 17.8 Å². The first-order chi connectivity index (χ1) is 12.2. The standard InChI is InChI=1S/C23H20N2/c1-17-15-18(2)25(24-17)23-14-13-21(19-9-5-3-6-10-19)16-22(23)20-11-7-4-8-12-20/h3-16H,1-2H3. The summed E-state index contributed by atoms with van der Waals surface area (Å²) >= 11 is 0. The Kier molecular flexibility index (Phi) is 3.95. The molecule has 1 heterocycles. The summed E-state index contributed by atoms with van der Waals surface area (Å²) < 4.78 is 2.03. The zero-order chi connectivity index (χ0) is 17.2. The summed E-state index contributed by atoms with van der Waals surface area (Å²) in [5.74, 6) is 0. The molecule has 0 spiro atoms. The van der Waals surface area contributed by atoms with E-state index in [1.807, 2.05) is 23.7 Å². The van der Waals surface area contributed by atoms with Crippen LogP contribution in [-0.4, -0.2) is 9.78 Å². The highest BCUT2D eigenvalue weighted by atomic mass is 15.3. The average molecular weight is 324 g/mol. The summed E-state index contributed by atoms with van der Waals surface area (Å²) in [6.07, 6.45) is 0. The lowest BCUT2D eigenvalue weighted by molar-refractivity contribution is 0.835. The molecule has 0 fully saturated rings. The summed E-state index contributed by atoms with van der Waals surface area (Å²) in [5, 5.41) is 4.69. The van der Waals surface area contributed by atoms with Gasteiger partial charge >= 0.3 is 0 Å². The summed E-state index contributed by atoms with van der Waals surface area (Å²) in [5.41, 5.74) is 8.10. The van der Waals surface area contributed by atoms with Gasteiger partial charge in [-0.1, -0.05) is 66.7 Å². The van der Waals surface area contributed by atoms with Crippen molar-refractivity contribution in [3.05, 3.63) is 96.3 Å². The lowest BCUT2D eigenvalue weighted by Gasteiger charge is -2.14. The minimum Gasteiger partial charge on any atom is -0.237 e. The van der Waals surface area contributed by atoms with Crippen LogP contribution in [-0.2, 0) is 0 Å². The predicted octanol–water partition coefficient (Wildman–Crippen LogP) is 5.82. The van der Waals surface area contributed by atoms with Gasteiger partial charge in [0.25, 0.3) is 0 Å². The summed E-state index contributed by atoms with van der Waals surface area (Å²) in [7, 11) is 0. The number of hydrogen-bond donors (Lipinski definition) is 0. The second-order valence-corrected chi connectivity index (χ2v) is 6.30. The molecule has 2 heteroatoms. The molecule has 4 rings (SSSR count). The first-order valence-electron chi connectivity index (χ1n) is 8.51. The van der Waals surface area contributed by atoms with Gasteiger partial charge in [0, 0.05) is 11.3 Å². The molecule has 0 bridgehead atoms. The maximum Gasteiger partial charge on any atom is 0.0727 e. The van der Waals surface area contributed by atoms with Crippen LogP contribution in [0.5, 0.6) is 0 Å². The van der Waals surface area contributed by atoms with E-state index >= 15 is 0 Å². The van der Waals surface area contributed by atoms with Gasteiger partial charge in [0.2, 0.25) is 0 Å². The molecule has 0 aliphatic heterocycles. The third-order valence-corrected chi connectivity index (χ3v) is 4.43. The van der Waals surface area contributed by atoms with Crippen LogP contribution < -0.4 is 0 Å². The normalized spacial score (nSPS) is 10.8. The number of aryl methyl sites for hydroxylation is 2. The van der Waals surface area contributed by atoms with Crippen LogP contribution in [0.2, 0.25) is 0 Å². The molecule has 0 atom stereocenters. The molecule has 0 aliphatic carbocycles. The van der Waals surface area contributed by atoms with Crippen molar-refractivity contribution in [1.29, 1.82) is 0 Å². The third kappa shape index (κ3) is 2.99. The van der Waals surface area contributed by atoms with Crippen LogP contribution in [0.1, 0.15) is 11.4 Å². The van der Waals surface area contributed by atoms with E-state index in [1.165, 1.54) is 22.3 Å². The summed E-state index contributed by atoms with van der Waals surface area (Å²) in [6.45, 7) is 4.13. The van der Waals surface area contributed by atoms with Crippen LogP contribution >= 0.6 is 0 Å². The van der Waals surface area contributed by atoms with E-state index < -0.39 is 0 Å². The molecule has 1 aromatic heterocycles. The Morgan fingerprint density at radius 1 is 0.640 bits per heavy atom. The zero-order valence-corrected chi connectivity index (χ0v) is 14.5. The molecule has 0 radical (unpaired) electrons. The number of nitrogens with zero attached hydrogens (tertiary/aromatic N) is 2. The van der Waals surface area contributed by atoms with Crippen molar-refractivity contribution in [3.63, 3.8) is 0 Å². The number of hydrogen-bond acceptors (Lipinski definition) is 1. The van der Waals surface area contributed by atoms with Crippen LogP contribution in [0.3, 0.4) is 0 Å². The van der Waals surface area contributed by atoms with Crippen LogP contribution in [0, 0.1) is 13.8 Å². The fraction of sp³-hybridized carbons (Fsp3) is 0.0870. The first kappa shape index (κ1) is 15.4. The van der Waals surface area contributed by atoms with Gasteiger partial charge in [0.1, 0.15) is 0 Å². The fourth-order valence-corrected chi connectivity index (χ4v) is 3.25.